The Morgan fingerprint density at radius 1 is 0.849 bits per heavy atom. The van der Waals surface area contributed by atoms with Crippen molar-refractivity contribution in [2.24, 2.45) is 5.92 Å². The number of hydrogen-bond donors (Lipinski definition) is 0. The molecule has 5 aromatic carbocycles. The molecule has 0 amide bonds. The van der Waals surface area contributed by atoms with Crippen LogP contribution in [0.4, 0.5) is 0 Å². The predicted octanol–water partition coefficient (Wildman–Crippen LogP) is 12.2. The number of thiophene rings is 1. The van der Waals surface area contributed by atoms with E-state index in [0.717, 1.165) is 77.8 Å². The first kappa shape index (κ1) is 33.0. The molecule has 267 valence electrons. The first-order valence-corrected chi connectivity index (χ1v) is 22.0. The van der Waals surface area contributed by atoms with Crippen LogP contribution in [-0.2, 0) is 26.5 Å². The molecule has 0 N–H and O–H groups in total. The molecule has 0 bridgehead atoms. The van der Waals surface area contributed by atoms with Crippen LogP contribution in [0.15, 0.2) is 126 Å². The van der Waals surface area contributed by atoms with Crippen molar-refractivity contribution >= 4 is 67.7 Å². The minimum Gasteiger partial charge on any atom is -0.456 e. The van der Waals surface area contributed by atoms with E-state index in [2.05, 4.69) is 97.1 Å². The summed E-state index contributed by atoms with van der Waals surface area (Å²) < 4.78 is 32.4. The quantitative estimate of drug-likeness (QED) is 0.123. The molecule has 0 saturated carbocycles. The first-order valence-electron chi connectivity index (χ1n) is 19.2. The summed E-state index contributed by atoms with van der Waals surface area (Å²) in [4.78, 5) is 9.66. The van der Waals surface area contributed by atoms with Gasteiger partial charge in [-0.05, 0) is 60.4 Å². The molecular formula is C46H41IrN3OSSi-2. The van der Waals surface area contributed by atoms with Crippen LogP contribution in [0.3, 0.4) is 0 Å². The third kappa shape index (κ3) is 7.32. The number of para-hydroxylation sites is 3. The minimum atomic E-state index is -2.15. The average Bonchev–Trinajstić information content (AvgIpc) is 3.87. The molecule has 0 aliphatic heterocycles. The van der Waals surface area contributed by atoms with Gasteiger partial charge in [-0.15, -0.1) is 47.3 Å². The molecule has 4 heterocycles. The van der Waals surface area contributed by atoms with Gasteiger partial charge in [-0.3, -0.25) is 16.3 Å². The minimum absolute atomic E-state index is 0. The normalized spacial score (nSPS) is 12.8. The maximum absolute atomic E-state index is 7.75. The Morgan fingerprint density at radius 3 is 2.42 bits per heavy atom. The standard InChI is InChI=1S/C28H17N2OS.C18H24NSi.Ir/c1-17-10-12-21-22(16-32-27(21)14-17)28-29-23-7-3-4-8-24(23)30(28)18-11-13-20-19-6-2-5-9-25(19)31-26(20)15-18;1-14(2)11-16-12-17(15-9-7-6-8-10-15)19-13-18(16)20(3,4)5;/h2-15H,1H3;6-9,12-14H,11H2,1-5H3;/q2*-1;/i1D3;;. The summed E-state index contributed by atoms with van der Waals surface area (Å²) in [6.07, 6.45) is 3.24. The van der Waals surface area contributed by atoms with Crippen LogP contribution in [0, 0.1) is 24.2 Å². The number of hydrogen-bond acceptors (Lipinski definition) is 4. The van der Waals surface area contributed by atoms with Crippen molar-refractivity contribution in [3.05, 3.63) is 144 Å². The maximum atomic E-state index is 7.75. The molecule has 1 radical (unpaired) electrons. The topological polar surface area (TPSA) is 43.9 Å². The number of furan rings is 1. The second-order valence-corrected chi connectivity index (χ2v) is 20.6. The molecule has 0 spiro atoms. The van der Waals surface area contributed by atoms with Gasteiger partial charge in [-0.2, -0.15) is 0 Å². The van der Waals surface area contributed by atoms with Crippen molar-refractivity contribution in [1.82, 2.24) is 14.5 Å². The Balaban J connectivity index is 0.000000197. The molecule has 9 aromatic rings. The van der Waals surface area contributed by atoms with Gasteiger partial charge in [0.15, 0.2) is 0 Å². The zero-order valence-corrected chi connectivity index (χ0v) is 34.5. The smallest absolute Gasteiger partial charge is 0.137 e. The molecule has 0 aliphatic carbocycles. The van der Waals surface area contributed by atoms with E-state index in [1.165, 1.54) is 22.1 Å². The van der Waals surface area contributed by atoms with Crippen molar-refractivity contribution < 1.29 is 28.6 Å². The second-order valence-electron chi connectivity index (χ2n) is 14.7. The second kappa shape index (κ2) is 15.0. The van der Waals surface area contributed by atoms with Gasteiger partial charge in [0.25, 0.3) is 0 Å². The van der Waals surface area contributed by atoms with Gasteiger partial charge in [0, 0.05) is 52.9 Å². The van der Waals surface area contributed by atoms with Crippen molar-refractivity contribution in [1.29, 1.82) is 0 Å². The molecule has 7 heteroatoms. The van der Waals surface area contributed by atoms with E-state index in [0.29, 0.717) is 11.5 Å². The molecule has 0 unspecified atom stereocenters. The van der Waals surface area contributed by atoms with E-state index in [9.17, 15) is 0 Å². The molecular weight excluding hydrogens is 863 g/mol. The SMILES string of the molecule is CC(C)Cc1cc(-c2[c-]cccc2)ncc1[Si](C)(C)C.[2H]C([2H])([2H])c1ccc2c(-c3nc4ccccc4n3-c3ccc4c(c3)oc3ccccc34)[c-]sc2c1.[Ir]. The van der Waals surface area contributed by atoms with E-state index < -0.39 is 14.9 Å². The number of aromatic nitrogens is 3. The van der Waals surface area contributed by atoms with Gasteiger partial charge < -0.3 is 14.0 Å². The number of aryl methyl sites for hydroxylation is 1. The molecule has 0 saturated heterocycles. The van der Waals surface area contributed by atoms with Crippen LogP contribution in [0.5, 0.6) is 0 Å². The largest absolute Gasteiger partial charge is 0.456 e. The molecule has 0 atom stereocenters. The van der Waals surface area contributed by atoms with Gasteiger partial charge in [0.1, 0.15) is 11.2 Å². The van der Waals surface area contributed by atoms with Crippen molar-refractivity contribution in [3.63, 3.8) is 0 Å². The van der Waals surface area contributed by atoms with E-state index in [4.69, 9.17) is 13.5 Å². The van der Waals surface area contributed by atoms with Crippen LogP contribution in [-0.4, -0.2) is 22.6 Å². The fourth-order valence-electron chi connectivity index (χ4n) is 6.93. The van der Waals surface area contributed by atoms with Gasteiger partial charge in [0.05, 0.1) is 24.9 Å². The number of rotatable bonds is 6. The van der Waals surface area contributed by atoms with Crippen molar-refractivity contribution in [2.45, 2.75) is 46.8 Å². The van der Waals surface area contributed by atoms with E-state index >= 15 is 0 Å². The summed E-state index contributed by atoms with van der Waals surface area (Å²) in [7, 11) is -1.34. The first-order chi connectivity index (χ1) is 26.3. The maximum Gasteiger partial charge on any atom is 0.137 e. The van der Waals surface area contributed by atoms with E-state index in [1.807, 2.05) is 66.7 Å². The van der Waals surface area contributed by atoms with Crippen LogP contribution in [0.2, 0.25) is 19.6 Å². The van der Waals surface area contributed by atoms with Crippen LogP contribution < -0.4 is 5.19 Å². The predicted molar refractivity (Wildman–Crippen MR) is 223 cm³/mol. The number of pyridine rings is 1. The molecule has 0 fully saturated rings. The molecule has 4 nitrogen and oxygen atoms in total. The van der Waals surface area contributed by atoms with Gasteiger partial charge in [-0.1, -0.05) is 109 Å². The molecule has 53 heavy (non-hydrogen) atoms. The summed E-state index contributed by atoms with van der Waals surface area (Å²) in [5, 5.41) is 7.98. The van der Waals surface area contributed by atoms with Crippen molar-refractivity contribution in [2.75, 3.05) is 0 Å². The average molecular weight is 907 g/mol. The Bertz CT molecular complexity index is 2820. The summed E-state index contributed by atoms with van der Waals surface area (Å²) in [5.41, 5.74) is 9.24. The zero-order valence-electron chi connectivity index (χ0n) is 33.3. The monoisotopic (exact) mass is 907 g/mol. The van der Waals surface area contributed by atoms with E-state index in [-0.39, 0.29) is 20.1 Å². The number of fused-ring (bicyclic) bond motifs is 5. The third-order valence-electron chi connectivity index (χ3n) is 9.33. The van der Waals surface area contributed by atoms with Crippen molar-refractivity contribution in [3.8, 4) is 28.3 Å². The van der Waals surface area contributed by atoms with E-state index in [1.54, 1.807) is 12.1 Å². The summed E-state index contributed by atoms with van der Waals surface area (Å²) in [6, 6.07) is 41.2. The summed E-state index contributed by atoms with van der Waals surface area (Å²) in [5.74, 6) is 1.43. The van der Waals surface area contributed by atoms with Crippen LogP contribution >= 0.6 is 11.3 Å². The number of nitrogens with zero attached hydrogens (tertiary/aromatic N) is 3. The van der Waals surface area contributed by atoms with Crippen LogP contribution in [0.25, 0.3) is 71.4 Å². The summed E-state index contributed by atoms with van der Waals surface area (Å²) in [6.45, 7) is 9.59. The van der Waals surface area contributed by atoms with Gasteiger partial charge >= 0.3 is 0 Å². The molecule has 9 rings (SSSR count). The Labute approximate surface area is 334 Å². The van der Waals surface area contributed by atoms with Gasteiger partial charge in [-0.25, -0.2) is 0 Å². The third-order valence-corrected chi connectivity index (χ3v) is 12.3. The Hall–Kier alpha value is -4.65. The summed E-state index contributed by atoms with van der Waals surface area (Å²) >= 11 is 1.41. The number of benzene rings is 5. The number of imidazole rings is 1. The fraction of sp³-hybridized carbons (Fsp3) is 0.174. The van der Waals surface area contributed by atoms with Crippen LogP contribution in [0.1, 0.15) is 29.1 Å². The molecule has 4 aromatic heterocycles. The molecule has 0 aliphatic rings. The fourth-order valence-corrected chi connectivity index (χ4v) is 9.40. The zero-order chi connectivity index (χ0) is 38.5. The Morgan fingerprint density at radius 2 is 1.62 bits per heavy atom. The Kier molecular flexibility index (Phi) is 9.33. The van der Waals surface area contributed by atoms with Gasteiger partial charge in [0.2, 0.25) is 0 Å².